The van der Waals surface area contributed by atoms with Crippen LogP contribution >= 0.6 is 0 Å². The molecular weight excluding hydrogens is 191 g/mol. The minimum Gasteiger partial charge on any atom is -0.316 e. The van der Waals surface area contributed by atoms with Gasteiger partial charge in [0, 0.05) is 0 Å². The van der Waals surface area contributed by atoms with Gasteiger partial charge in [-0.1, -0.05) is 30.9 Å². The molecule has 1 rings (SSSR count). The van der Waals surface area contributed by atoms with E-state index in [1.165, 1.54) is 24.3 Å². The summed E-state index contributed by atoms with van der Waals surface area (Å²) in [5.74, 6) is 0. The molecule has 0 aliphatic rings. The first kappa shape index (κ1) is 10.8. The third-order valence-electron chi connectivity index (χ3n) is 1.86. The van der Waals surface area contributed by atoms with Crippen molar-refractivity contribution in [3.63, 3.8) is 0 Å². The molecule has 1 aromatic rings. The molecule has 0 heterocycles. The van der Waals surface area contributed by atoms with Gasteiger partial charge in [-0.25, -0.2) is 0 Å². The molecule has 1 nitrogen and oxygen atoms in total. The molecule has 0 aliphatic carbocycles. The van der Waals surface area contributed by atoms with Crippen molar-refractivity contribution in [1.29, 1.82) is 0 Å². The van der Waals surface area contributed by atoms with E-state index >= 15 is 0 Å². The van der Waals surface area contributed by atoms with E-state index in [1.54, 1.807) is 6.07 Å². The van der Waals surface area contributed by atoms with Crippen molar-refractivity contribution in [3.8, 4) is 0 Å². The van der Waals surface area contributed by atoms with Crippen LogP contribution < -0.4 is 5.73 Å². The Balaban J connectivity index is 3.01. The normalized spacial score (nSPS) is 13.7. The van der Waals surface area contributed by atoms with Crippen molar-refractivity contribution in [2.45, 2.75) is 12.2 Å². The van der Waals surface area contributed by atoms with Crippen molar-refractivity contribution < 1.29 is 13.2 Å². The topological polar surface area (TPSA) is 26.0 Å². The molecule has 0 saturated carbocycles. The number of halogens is 3. The molecule has 0 bridgehead atoms. The minimum atomic E-state index is -4.40. The lowest BCUT2D eigenvalue weighted by Gasteiger charge is -2.15. The number of nitrogens with two attached hydrogens (primary N) is 1. The molecule has 0 radical (unpaired) electrons. The summed E-state index contributed by atoms with van der Waals surface area (Å²) in [6.07, 6.45) is -2.92. The van der Waals surface area contributed by atoms with Gasteiger partial charge in [-0.05, 0) is 17.2 Å². The largest absolute Gasteiger partial charge is 0.407 e. The highest BCUT2D eigenvalue weighted by Gasteiger charge is 2.37. The predicted molar refractivity (Wildman–Crippen MR) is 49.5 cm³/mol. The summed E-state index contributed by atoms with van der Waals surface area (Å²) in [4.78, 5) is 0. The molecular formula is C10H10F3N. The van der Waals surface area contributed by atoms with Crippen LogP contribution in [0.25, 0.3) is 6.08 Å². The van der Waals surface area contributed by atoms with E-state index in [1.807, 2.05) is 0 Å². The van der Waals surface area contributed by atoms with E-state index in [9.17, 15) is 13.2 Å². The summed E-state index contributed by atoms with van der Waals surface area (Å²) in [7, 11) is 0. The first-order valence-corrected chi connectivity index (χ1v) is 4.00. The molecule has 0 fully saturated rings. The van der Waals surface area contributed by atoms with Crippen molar-refractivity contribution in [2.75, 3.05) is 0 Å². The fraction of sp³-hybridized carbons (Fsp3) is 0.200. The first-order valence-electron chi connectivity index (χ1n) is 4.00. The van der Waals surface area contributed by atoms with E-state index in [4.69, 9.17) is 5.73 Å². The van der Waals surface area contributed by atoms with E-state index in [0.717, 1.165) is 0 Å². The summed E-state index contributed by atoms with van der Waals surface area (Å²) in [6, 6.07) is 4.00. The van der Waals surface area contributed by atoms with Gasteiger partial charge in [0.2, 0.25) is 0 Å². The third-order valence-corrected chi connectivity index (χ3v) is 1.86. The Morgan fingerprint density at radius 3 is 2.50 bits per heavy atom. The molecule has 0 aliphatic heterocycles. The smallest absolute Gasteiger partial charge is 0.316 e. The number of rotatable bonds is 2. The summed E-state index contributed by atoms with van der Waals surface area (Å²) in [5, 5.41) is 0. The second-order valence-electron chi connectivity index (χ2n) is 2.89. The molecule has 0 aromatic heterocycles. The maximum absolute atomic E-state index is 12.2. The van der Waals surface area contributed by atoms with Gasteiger partial charge in [0.15, 0.2) is 0 Å². The van der Waals surface area contributed by atoms with Gasteiger partial charge >= 0.3 is 6.18 Å². The van der Waals surface area contributed by atoms with Crippen molar-refractivity contribution in [1.82, 2.24) is 0 Å². The van der Waals surface area contributed by atoms with Crippen LogP contribution in [0.4, 0.5) is 13.2 Å². The van der Waals surface area contributed by atoms with Crippen LogP contribution in [0.5, 0.6) is 0 Å². The van der Waals surface area contributed by atoms with Crippen molar-refractivity contribution in [2.24, 2.45) is 5.73 Å². The highest BCUT2D eigenvalue weighted by Crippen LogP contribution is 2.30. The molecule has 1 atom stereocenters. The summed E-state index contributed by atoms with van der Waals surface area (Å²) in [6.45, 7) is 3.47. The van der Waals surface area contributed by atoms with Crippen LogP contribution in [-0.4, -0.2) is 6.18 Å². The monoisotopic (exact) mass is 201 g/mol. The summed E-state index contributed by atoms with van der Waals surface area (Å²) >= 11 is 0. The van der Waals surface area contributed by atoms with Gasteiger partial charge in [0.25, 0.3) is 0 Å². The molecule has 0 spiro atoms. The molecule has 0 amide bonds. The van der Waals surface area contributed by atoms with Gasteiger partial charge in [-0.3, -0.25) is 0 Å². The zero-order chi connectivity index (χ0) is 10.8. The lowest BCUT2D eigenvalue weighted by molar-refractivity contribution is -0.149. The van der Waals surface area contributed by atoms with E-state index in [2.05, 4.69) is 6.58 Å². The lowest BCUT2D eigenvalue weighted by atomic mass is 10.0. The molecule has 1 aromatic carbocycles. The van der Waals surface area contributed by atoms with Gasteiger partial charge in [0.1, 0.15) is 6.04 Å². The maximum atomic E-state index is 12.2. The number of hydrogen-bond donors (Lipinski definition) is 1. The fourth-order valence-electron chi connectivity index (χ4n) is 1.07. The molecule has 4 heteroatoms. The molecule has 2 N–H and O–H groups in total. The minimum absolute atomic E-state index is 0.0508. The van der Waals surface area contributed by atoms with Crippen LogP contribution in [0, 0.1) is 0 Å². The van der Waals surface area contributed by atoms with Crippen molar-refractivity contribution in [3.05, 3.63) is 42.0 Å². The van der Waals surface area contributed by atoms with Gasteiger partial charge in [-0.15, -0.1) is 0 Å². The Kier molecular flexibility index (Phi) is 2.96. The van der Waals surface area contributed by atoms with Gasteiger partial charge in [0.05, 0.1) is 0 Å². The number of benzene rings is 1. The summed E-state index contributed by atoms with van der Waals surface area (Å²) in [5.41, 5.74) is 5.71. The quantitative estimate of drug-likeness (QED) is 0.782. The van der Waals surface area contributed by atoms with E-state index in [-0.39, 0.29) is 5.56 Å². The van der Waals surface area contributed by atoms with Crippen LogP contribution in [0.2, 0.25) is 0 Å². The predicted octanol–water partition coefficient (Wildman–Crippen LogP) is 2.89. The zero-order valence-electron chi connectivity index (χ0n) is 7.38. The van der Waals surface area contributed by atoms with E-state index < -0.39 is 12.2 Å². The van der Waals surface area contributed by atoms with E-state index in [0.29, 0.717) is 5.56 Å². The highest BCUT2D eigenvalue weighted by molar-refractivity contribution is 5.48. The highest BCUT2D eigenvalue weighted by atomic mass is 19.4. The fourth-order valence-corrected chi connectivity index (χ4v) is 1.07. The second kappa shape index (κ2) is 3.84. The first-order chi connectivity index (χ1) is 6.45. The third kappa shape index (κ3) is 2.35. The Labute approximate surface area is 80.0 Å². The lowest BCUT2D eigenvalue weighted by Crippen LogP contribution is -2.28. The van der Waals surface area contributed by atoms with Crippen LogP contribution in [-0.2, 0) is 0 Å². The Hall–Kier alpha value is -1.29. The Morgan fingerprint density at radius 2 is 2.00 bits per heavy atom. The van der Waals surface area contributed by atoms with Gasteiger partial charge < -0.3 is 5.73 Å². The van der Waals surface area contributed by atoms with Crippen LogP contribution in [0.3, 0.4) is 0 Å². The molecule has 0 unspecified atom stereocenters. The zero-order valence-corrected chi connectivity index (χ0v) is 7.38. The second-order valence-corrected chi connectivity index (χ2v) is 2.89. The Bertz CT molecular complexity index is 330. The van der Waals surface area contributed by atoms with Gasteiger partial charge in [-0.2, -0.15) is 13.2 Å². The maximum Gasteiger partial charge on any atom is 0.407 e. The average molecular weight is 201 g/mol. The SMILES string of the molecule is C=Cc1cccc([C@H](N)C(F)(F)F)c1. The number of alkyl halides is 3. The molecule has 14 heavy (non-hydrogen) atoms. The summed E-state index contributed by atoms with van der Waals surface area (Å²) < 4.78 is 36.7. The van der Waals surface area contributed by atoms with Crippen molar-refractivity contribution >= 4 is 6.08 Å². The standard InChI is InChI=1S/C10H10F3N/c1-2-7-4-3-5-8(6-7)9(14)10(11,12)13/h2-6,9H,1,14H2/t9-/m0/s1. The number of hydrogen-bond acceptors (Lipinski definition) is 1. The molecule has 76 valence electrons. The molecule has 0 saturated heterocycles. The van der Waals surface area contributed by atoms with Crippen LogP contribution in [0.1, 0.15) is 17.2 Å². The van der Waals surface area contributed by atoms with Crippen LogP contribution in [0.15, 0.2) is 30.8 Å². The average Bonchev–Trinajstić information content (AvgIpc) is 2.15. The Morgan fingerprint density at radius 1 is 1.36 bits per heavy atom.